The molecular weight excluding hydrogens is 365 g/mol. The number of hydrogen-bond acceptors (Lipinski definition) is 4. The van der Waals surface area contributed by atoms with E-state index in [4.69, 9.17) is 0 Å². The van der Waals surface area contributed by atoms with E-state index in [0.29, 0.717) is 18.5 Å². The Bertz CT molecular complexity index is 729. The Balaban J connectivity index is 1.80. The lowest BCUT2D eigenvalue weighted by Gasteiger charge is -2.16. The fourth-order valence-electron chi connectivity index (χ4n) is 2.63. The number of ether oxygens (including phenoxy) is 1. The molecule has 1 N–H and O–H groups in total. The van der Waals surface area contributed by atoms with Gasteiger partial charge in [0.1, 0.15) is 0 Å². The number of carbonyl (C=O) groups excluding carboxylic acids is 3. The average molecular weight is 384 g/mol. The van der Waals surface area contributed by atoms with Crippen LogP contribution in [0.1, 0.15) is 17.5 Å². The maximum atomic E-state index is 12.5. The quantitative estimate of drug-likeness (QED) is 0.621. The van der Waals surface area contributed by atoms with Gasteiger partial charge in [-0.2, -0.15) is 13.2 Å². The molecule has 146 valence electrons. The fourth-order valence-corrected chi connectivity index (χ4v) is 2.63. The van der Waals surface area contributed by atoms with E-state index in [1.807, 2.05) is 0 Å². The van der Waals surface area contributed by atoms with Crippen LogP contribution in [0.2, 0.25) is 0 Å². The molecule has 0 radical (unpaired) electrons. The van der Waals surface area contributed by atoms with Crippen LogP contribution >= 0.6 is 0 Å². The minimum absolute atomic E-state index is 0.232. The molecule has 0 aliphatic carbocycles. The zero-order valence-electron chi connectivity index (χ0n) is 14.6. The number of nitrogens with zero attached hydrogens (tertiary/aromatic N) is 1. The third kappa shape index (κ3) is 5.83. The number of amides is 2. The van der Waals surface area contributed by atoms with Gasteiger partial charge in [0, 0.05) is 19.2 Å². The third-order valence-electron chi connectivity index (χ3n) is 4.15. The van der Waals surface area contributed by atoms with E-state index < -0.39 is 17.6 Å². The first-order valence-electron chi connectivity index (χ1n) is 8.19. The number of nitrogens with one attached hydrogen (secondary N) is 1. The first kappa shape index (κ1) is 20.5. The Kier molecular flexibility index (Phi) is 6.59. The van der Waals surface area contributed by atoms with Gasteiger partial charge in [0.05, 0.1) is 25.1 Å². The lowest BCUT2D eigenvalue weighted by Crippen LogP contribution is -2.39. The van der Waals surface area contributed by atoms with Crippen molar-refractivity contribution in [2.45, 2.75) is 12.6 Å². The second kappa shape index (κ2) is 8.70. The predicted octanol–water partition coefficient (Wildman–Crippen LogP) is 1.86. The van der Waals surface area contributed by atoms with Crippen molar-refractivity contribution in [2.24, 2.45) is 5.92 Å². The van der Waals surface area contributed by atoms with Crippen molar-refractivity contribution in [2.75, 3.05) is 26.7 Å². The molecule has 0 saturated carbocycles. The SMILES string of the molecule is COC(=O)[C@H]1CCN(C(=O)CNC(=O)/C=C/c2ccc(C(F)(F)F)cc2)C1. The number of rotatable bonds is 5. The molecule has 9 heteroatoms. The summed E-state index contributed by atoms with van der Waals surface area (Å²) < 4.78 is 42.1. The molecule has 0 unspecified atom stereocenters. The van der Waals surface area contributed by atoms with Gasteiger partial charge in [-0.05, 0) is 30.2 Å². The molecule has 1 saturated heterocycles. The van der Waals surface area contributed by atoms with Crippen LogP contribution in [0.15, 0.2) is 30.3 Å². The first-order chi connectivity index (χ1) is 12.7. The number of benzene rings is 1. The number of carbonyl (C=O) groups is 3. The van der Waals surface area contributed by atoms with Crippen molar-refractivity contribution in [1.29, 1.82) is 0 Å². The van der Waals surface area contributed by atoms with Crippen LogP contribution in [-0.4, -0.2) is 49.4 Å². The summed E-state index contributed by atoms with van der Waals surface area (Å²) in [6, 6.07) is 4.34. The van der Waals surface area contributed by atoms with Crippen LogP contribution in [0.5, 0.6) is 0 Å². The zero-order valence-corrected chi connectivity index (χ0v) is 14.6. The normalized spacial score (nSPS) is 17.2. The Hall–Kier alpha value is -2.84. The number of esters is 1. The van der Waals surface area contributed by atoms with Gasteiger partial charge in [0.2, 0.25) is 11.8 Å². The summed E-state index contributed by atoms with van der Waals surface area (Å²) in [5.74, 6) is -1.59. The molecule has 1 aliphatic rings. The summed E-state index contributed by atoms with van der Waals surface area (Å²) in [5, 5.41) is 2.41. The highest BCUT2D eigenvalue weighted by Gasteiger charge is 2.31. The van der Waals surface area contributed by atoms with E-state index >= 15 is 0 Å². The number of hydrogen-bond donors (Lipinski definition) is 1. The highest BCUT2D eigenvalue weighted by atomic mass is 19.4. The largest absolute Gasteiger partial charge is 0.469 e. The Labute approximate surface area is 154 Å². The molecule has 2 amide bonds. The summed E-state index contributed by atoms with van der Waals surface area (Å²) in [6.45, 7) is 0.433. The lowest BCUT2D eigenvalue weighted by molar-refractivity contribution is -0.145. The molecule has 1 aliphatic heterocycles. The molecule has 1 aromatic carbocycles. The van der Waals surface area contributed by atoms with Gasteiger partial charge in [-0.3, -0.25) is 14.4 Å². The summed E-state index contributed by atoms with van der Waals surface area (Å²) >= 11 is 0. The highest BCUT2D eigenvalue weighted by Crippen LogP contribution is 2.29. The van der Waals surface area contributed by atoms with Crippen molar-refractivity contribution in [1.82, 2.24) is 10.2 Å². The minimum atomic E-state index is -4.41. The molecule has 0 aromatic heterocycles. The van der Waals surface area contributed by atoms with Gasteiger partial charge in [-0.1, -0.05) is 12.1 Å². The van der Waals surface area contributed by atoms with E-state index in [2.05, 4.69) is 10.1 Å². The van der Waals surface area contributed by atoms with Crippen LogP contribution in [-0.2, 0) is 25.3 Å². The van der Waals surface area contributed by atoms with E-state index in [9.17, 15) is 27.6 Å². The maximum absolute atomic E-state index is 12.5. The van der Waals surface area contributed by atoms with Gasteiger partial charge in [-0.15, -0.1) is 0 Å². The lowest BCUT2D eigenvalue weighted by atomic mass is 10.1. The summed E-state index contributed by atoms with van der Waals surface area (Å²) in [7, 11) is 1.29. The van der Waals surface area contributed by atoms with Crippen LogP contribution in [0.25, 0.3) is 6.08 Å². The Morgan fingerprint density at radius 2 is 1.93 bits per heavy atom. The topological polar surface area (TPSA) is 75.7 Å². The molecule has 27 heavy (non-hydrogen) atoms. The van der Waals surface area contributed by atoms with E-state index in [-0.39, 0.29) is 30.9 Å². The van der Waals surface area contributed by atoms with Crippen LogP contribution < -0.4 is 5.32 Å². The molecule has 0 bridgehead atoms. The average Bonchev–Trinajstić information content (AvgIpc) is 3.13. The van der Waals surface area contributed by atoms with Crippen LogP contribution in [0.3, 0.4) is 0 Å². The number of likely N-dealkylation sites (tertiary alicyclic amines) is 1. The number of alkyl halides is 3. The van der Waals surface area contributed by atoms with Gasteiger partial charge in [-0.25, -0.2) is 0 Å². The highest BCUT2D eigenvalue weighted by molar-refractivity contribution is 5.94. The van der Waals surface area contributed by atoms with Crippen molar-refractivity contribution in [3.8, 4) is 0 Å². The van der Waals surface area contributed by atoms with Crippen molar-refractivity contribution in [3.05, 3.63) is 41.5 Å². The van der Waals surface area contributed by atoms with E-state index in [1.165, 1.54) is 30.2 Å². The summed E-state index contributed by atoms with van der Waals surface area (Å²) in [5.41, 5.74) is -0.351. The van der Waals surface area contributed by atoms with Crippen LogP contribution in [0, 0.1) is 5.92 Å². The van der Waals surface area contributed by atoms with Crippen LogP contribution in [0.4, 0.5) is 13.2 Å². The predicted molar refractivity (Wildman–Crippen MR) is 90.2 cm³/mol. The van der Waals surface area contributed by atoms with E-state index in [1.54, 1.807) is 0 Å². The van der Waals surface area contributed by atoms with Crippen molar-refractivity contribution in [3.63, 3.8) is 0 Å². The van der Waals surface area contributed by atoms with Gasteiger partial charge in [0.15, 0.2) is 0 Å². The third-order valence-corrected chi connectivity index (χ3v) is 4.15. The van der Waals surface area contributed by atoms with Gasteiger partial charge in [0.25, 0.3) is 0 Å². The summed E-state index contributed by atoms with van der Waals surface area (Å²) in [4.78, 5) is 36.7. The number of halogens is 3. The Morgan fingerprint density at radius 3 is 2.52 bits per heavy atom. The smallest absolute Gasteiger partial charge is 0.416 e. The molecular formula is C18H19F3N2O4. The summed E-state index contributed by atoms with van der Waals surface area (Å²) in [6.07, 6.45) is -1.41. The number of methoxy groups -OCH3 is 1. The maximum Gasteiger partial charge on any atom is 0.416 e. The second-order valence-electron chi connectivity index (χ2n) is 6.02. The van der Waals surface area contributed by atoms with Crippen molar-refractivity contribution >= 4 is 23.9 Å². The molecule has 1 aromatic rings. The molecule has 1 fully saturated rings. The fraction of sp³-hybridized carbons (Fsp3) is 0.389. The molecule has 0 spiro atoms. The minimum Gasteiger partial charge on any atom is -0.469 e. The molecule has 6 nitrogen and oxygen atoms in total. The Morgan fingerprint density at radius 1 is 1.26 bits per heavy atom. The van der Waals surface area contributed by atoms with Gasteiger partial charge < -0.3 is 15.0 Å². The van der Waals surface area contributed by atoms with Crippen molar-refractivity contribution < 1.29 is 32.3 Å². The zero-order chi connectivity index (χ0) is 20.0. The standard InChI is InChI=1S/C18H19F3N2O4/c1-27-17(26)13-8-9-23(11-13)16(25)10-22-15(24)7-4-12-2-5-14(6-3-12)18(19,20)21/h2-7,13H,8-11H2,1H3,(H,22,24)/b7-4+/t13-/m0/s1. The second-order valence-corrected chi connectivity index (χ2v) is 6.02. The monoisotopic (exact) mass is 384 g/mol. The van der Waals surface area contributed by atoms with Gasteiger partial charge >= 0.3 is 12.1 Å². The molecule has 1 heterocycles. The van der Waals surface area contributed by atoms with E-state index in [0.717, 1.165) is 18.2 Å². The molecule has 2 rings (SSSR count). The molecule has 1 atom stereocenters. The first-order valence-corrected chi connectivity index (χ1v) is 8.19.